The zero-order valence-electron chi connectivity index (χ0n) is 16.0. The van der Waals surface area contributed by atoms with E-state index in [4.69, 9.17) is 0 Å². The molecular formula is C21H40. The van der Waals surface area contributed by atoms with Crippen LogP contribution < -0.4 is 0 Å². The lowest BCUT2D eigenvalue weighted by Gasteiger charge is -2.35. The Bertz CT molecular complexity index is 334. The molecule has 1 rings (SSSR count). The van der Waals surface area contributed by atoms with Crippen molar-refractivity contribution in [2.24, 2.45) is 40.9 Å². The zero-order valence-corrected chi connectivity index (χ0v) is 16.0. The van der Waals surface area contributed by atoms with E-state index in [0.717, 1.165) is 35.5 Å². The van der Waals surface area contributed by atoms with Gasteiger partial charge < -0.3 is 0 Å². The molecular weight excluding hydrogens is 252 g/mol. The van der Waals surface area contributed by atoms with Crippen LogP contribution in [0.1, 0.15) is 81.1 Å². The first kappa shape index (κ1) is 18.8. The van der Waals surface area contributed by atoms with Gasteiger partial charge in [0.05, 0.1) is 0 Å². The molecule has 0 saturated heterocycles. The van der Waals surface area contributed by atoms with Crippen LogP contribution in [-0.2, 0) is 0 Å². The predicted octanol–water partition coefficient (Wildman–Crippen LogP) is 6.96. The molecule has 4 atom stereocenters. The van der Waals surface area contributed by atoms with E-state index in [2.05, 4.69) is 62.0 Å². The standard InChI is InChI=1S/C21H40/c1-10-18-16(6)20(18)19(15(4)5)12-11-13-21(8,9)17(7)14(2)3/h14-15,17-20H,6,10-13H2,1-5,7-9H3. The molecule has 0 heteroatoms. The highest BCUT2D eigenvalue weighted by Crippen LogP contribution is 2.54. The van der Waals surface area contributed by atoms with Crippen LogP contribution in [0.4, 0.5) is 0 Å². The third kappa shape index (κ3) is 4.60. The van der Waals surface area contributed by atoms with Crippen LogP contribution in [-0.4, -0.2) is 0 Å². The molecule has 0 nitrogen and oxygen atoms in total. The second-order valence-corrected chi connectivity index (χ2v) is 8.94. The summed E-state index contributed by atoms with van der Waals surface area (Å²) >= 11 is 0. The van der Waals surface area contributed by atoms with Crippen molar-refractivity contribution in [1.82, 2.24) is 0 Å². The van der Waals surface area contributed by atoms with Gasteiger partial charge in [-0.15, -0.1) is 0 Å². The summed E-state index contributed by atoms with van der Waals surface area (Å²) in [7, 11) is 0. The molecule has 4 unspecified atom stereocenters. The first-order chi connectivity index (χ1) is 9.63. The Balaban J connectivity index is 2.50. The number of hydrogen-bond acceptors (Lipinski definition) is 0. The van der Waals surface area contributed by atoms with Crippen molar-refractivity contribution < 1.29 is 0 Å². The van der Waals surface area contributed by atoms with Crippen molar-refractivity contribution in [2.75, 3.05) is 0 Å². The van der Waals surface area contributed by atoms with E-state index in [-0.39, 0.29) is 0 Å². The summed E-state index contributed by atoms with van der Waals surface area (Å²) in [4.78, 5) is 0. The van der Waals surface area contributed by atoms with E-state index >= 15 is 0 Å². The predicted molar refractivity (Wildman–Crippen MR) is 96.4 cm³/mol. The fraction of sp³-hybridized carbons (Fsp3) is 0.905. The molecule has 0 heterocycles. The molecule has 0 N–H and O–H groups in total. The highest BCUT2D eigenvalue weighted by Gasteiger charge is 2.46. The Hall–Kier alpha value is -0.260. The summed E-state index contributed by atoms with van der Waals surface area (Å²) in [6.07, 6.45) is 5.44. The molecule has 0 radical (unpaired) electrons. The maximum absolute atomic E-state index is 4.31. The number of allylic oxidation sites excluding steroid dienone is 1. The SMILES string of the molecule is C=C1C(CC)C1C(CCCC(C)(C)C(C)C(C)C)C(C)C. The topological polar surface area (TPSA) is 0 Å². The normalized spacial score (nSPS) is 25.5. The van der Waals surface area contributed by atoms with Gasteiger partial charge in [-0.3, -0.25) is 0 Å². The Morgan fingerprint density at radius 3 is 2.00 bits per heavy atom. The summed E-state index contributed by atoms with van der Waals surface area (Å²) in [5.41, 5.74) is 2.02. The average molecular weight is 293 g/mol. The van der Waals surface area contributed by atoms with E-state index in [9.17, 15) is 0 Å². The van der Waals surface area contributed by atoms with Crippen molar-refractivity contribution in [1.29, 1.82) is 0 Å². The minimum Gasteiger partial charge on any atom is -0.0992 e. The lowest BCUT2D eigenvalue weighted by atomic mass is 9.70. The van der Waals surface area contributed by atoms with Gasteiger partial charge in [0.25, 0.3) is 0 Å². The smallest absolute Gasteiger partial charge is 0.0107 e. The quantitative estimate of drug-likeness (QED) is 0.403. The van der Waals surface area contributed by atoms with E-state index in [1.807, 2.05) is 0 Å². The Labute approximate surface area is 134 Å². The van der Waals surface area contributed by atoms with Crippen LogP contribution in [0.2, 0.25) is 0 Å². The highest BCUT2D eigenvalue weighted by molar-refractivity contribution is 5.27. The van der Waals surface area contributed by atoms with Crippen LogP contribution in [0.15, 0.2) is 12.2 Å². The maximum Gasteiger partial charge on any atom is -0.0107 e. The van der Waals surface area contributed by atoms with Gasteiger partial charge in [0.2, 0.25) is 0 Å². The van der Waals surface area contributed by atoms with Gasteiger partial charge in [0.1, 0.15) is 0 Å². The summed E-state index contributed by atoms with van der Waals surface area (Å²) in [5.74, 6) is 4.92. The molecule has 124 valence electrons. The summed E-state index contributed by atoms with van der Waals surface area (Å²) < 4.78 is 0. The van der Waals surface area contributed by atoms with Crippen molar-refractivity contribution in [2.45, 2.75) is 81.1 Å². The van der Waals surface area contributed by atoms with Gasteiger partial charge in [-0.05, 0) is 60.2 Å². The van der Waals surface area contributed by atoms with Gasteiger partial charge in [-0.2, -0.15) is 0 Å². The summed E-state index contributed by atoms with van der Waals surface area (Å²) in [6, 6.07) is 0. The van der Waals surface area contributed by atoms with Crippen LogP contribution in [0, 0.1) is 40.9 Å². The molecule has 1 aliphatic rings. The fourth-order valence-electron chi connectivity index (χ4n) is 4.34. The maximum atomic E-state index is 4.31. The van der Waals surface area contributed by atoms with Crippen molar-refractivity contribution >= 4 is 0 Å². The molecule has 0 aliphatic heterocycles. The third-order valence-corrected chi connectivity index (χ3v) is 6.58. The monoisotopic (exact) mass is 292 g/mol. The Morgan fingerprint density at radius 1 is 1.05 bits per heavy atom. The first-order valence-corrected chi connectivity index (χ1v) is 9.32. The molecule has 1 saturated carbocycles. The fourth-order valence-corrected chi connectivity index (χ4v) is 4.34. The molecule has 1 aliphatic carbocycles. The number of hydrogen-bond donors (Lipinski definition) is 0. The van der Waals surface area contributed by atoms with E-state index < -0.39 is 0 Å². The summed E-state index contributed by atoms with van der Waals surface area (Å²) in [5, 5.41) is 0. The van der Waals surface area contributed by atoms with Gasteiger partial charge in [-0.25, -0.2) is 0 Å². The Kier molecular flexibility index (Phi) is 6.56. The van der Waals surface area contributed by atoms with Crippen LogP contribution in [0.3, 0.4) is 0 Å². The van der Waals surface area contributed by atoms with E-state index in [0.29, 0.717) is 5.41 Å². The van der Waals surface area contributed by atoms with Crippen molar-refractivity contribution in [3.63, 3.8) is 0 Å². The van der Waals surface area contributed by atoms with E-state index in [1.54, 1.807) is 5.57 Å². The average Bonchev–Trinajstić information content (AvgIpc) is 3.03. The second kappa shape index (κ2) is 7.34. The van der Waals surface area contributed by atoms with Gasteiger partial charge >= 0.3 is 0 Å². The second-order valence-electron chi connectivity index (χ2n) is 8.94. The summed E-state index contributed by atoms with van der Waals surface area (Å²) in [6.45, 7) is 23.5. The van der Waals surface area contributed by atoms with Crippen LogP contribution in [0.5, 0.6) is 0 Å². The molecule has 0 aromatic heterocycles. The van der Waals surface area contributed by atoms with Crippen molar-refractivity contribution in [3.8, 4) is 0 Å². The molecule has 21 heavy (non-hydrogen) atoms. The molecule has 0 amide bonds. The van der Waals surface area contributed by atoms with Gasteiger partial charge in [-0.1, -0.05) is 74.0 Å². The molecule has 0 aromatic carbocycles. The molecule has 0 spiro atoms. The highest BCUT2D eigenvalue weighted by atomic mass is 14.5. The minimum absolute atomic E-state index is 0.473. The minimum atomic E-state index is 0.473. The molecule has 0 aromatic rings. The molecule has 0 bridgehead atoms. The van der Waals surface area contributed by atoms with Gasteiger partial charge in [0.15, 0.2) is 0 Å². The van der Waals surface area contributed by atoms with Gasteiger partial charge in [0, 0.05) is 0 Å². The van der Waals surface area contributed by atoms with Crippen molar-refractivity contribution in [3.05, 3.63) is 12.2 Å². The lowest BCUT2D eigenvalue weighted by molar-refractivity contribution is 0.149. The zero-order chi connectivity index (χ0) is 16.4. The number of rotatable bonds is 9. The largest absolute Gasteiger partial charge is 0.0992 e. The third-order valence-electron chi connectivity index (χ3n) is 6.58. The molecule has 1 fully saturated rings. The Morgan fingerprint density at radius 2 is 1.62 bits per heavy atom. The van der Waals surface area contributed by atoms with Crippen LogP contribution in [0.25, 0.3) is 0 Å². The van der Waals surface area contributed by atoms with Crippen LogP contribution >= 0.6 is 0 Å². The first-order valence-electron chi connectivity index (χ1n) is 9.32. The van der Waals surface area contributed by atoms with E-state index in [1.165, 1.54) is 25.7 Å². The lowest BCUT2D eigenvalue weighted by Crippen LogP contribution is -2.26.